The minimum Gasteiger partial charge on any atom is -0.362 e. The third kappa shape index (κ3) is 3.36. The van der Waals surface area contributed by atoms with E-state index in [1.54, 1.807) is 0 Å². The van der Waals surface area contributed by atoms with Crippen LogP contribution in [0.3, 0.4) is 0 Å². The van der Waals surface area contributed by atoms with E-state index >= 15 is 0 Å². The van der Waals surface area contributed by atoms with Crippen LogP contribution in [0, 0.1) is 3.57 Å². The topological polar surface area (TPSA) is 9.23 Å². The van der Waals surface area contributed by atoms with E-state index < -0.39 is 0 Å². The van der Waals surface area contributed by atoms with Crippen LogP contribution < -0.4 is 0 Å². The lowest BCUT2D eigenvalue weighted by Gasteiger charge is -2.27. The average Bonchev–Trinajstić information content (AvgIpc) is 2.82. The monoisotopic (exact) mass is 422 g/mol. The molecule has 2 aromatic carbocycles. The molecule has 1 atom stereocenters. The normalized spacial score (nSPS) is 13.5. The maximum atomic E-state index is 6.43. The van der Waals surface area contributed by atoms with Gasteiger partial charge in [0.15, 0.2) is 0 Å². The molecule has 0 amide bonds. The molecule has 22 heavy (non-hydrogen) atoms. The van der Waals surface area contributed by atoms with E-state index in [2.05, 4.69) is 91.9 Å². The summed E-state index contributed by atoms with van der Waals surface area (Å²) in [6, 6.07) is 19.1. The molecule has 3 heteroatoms. The second-order valence-electron chi connectivity index (χ2n) is 6.30. The molecule has 114 valence electrons. The van der Waals surface area contributed by atoms with Crippen molar-refractivity contribution in [1.82, 2.24) is 0 Å². The highest BCUT2D eigenvalue weighted by Crippen LogP contribution is 2.41. The number of ether oxygens (including phenoxy) is 1. The fourth-order valence-electron chi connectivity index (χ4n) is 2.46. The van der Waals surface area contributed by atoms with Crippen LogP contribution in [0.1, 0.15) is 37.3 Å². The molecule has 1 unspecified atom stereocenters. The first kappa shape index (κ1) is 16.0. The van der Waals surface area contributed by atoms with E-state index in [9.17, 15) is 0 Å². The van der Waals surface area contributed by atoms with Gasteiger partial charge in [-0.3, -0.25) is 0 Å². The van der Waals surface area contributed by atoms with Gasteiger partial charge in [-0.2, -0.15) is 0 Å². The summed E-state index contributed by atoms with van der Waals surface area (Å²) in [7, 11) is 0. The second-order valence-corrected chi connectivity index (χ2v) is 8.46. The first-order valence-electron chi connectivity index (χ1n) is 7.35. The predicted octanol–water partition coefficient (Wildman–Crippen LogP) is 6.41. The van der Waals surface area contributed by atoms with Crippen molar-refractivity contribution in [2.24, 2.45) is 0 Å². The van der Waals surface area contributed by atoms with Crippen LogP contribution in [0.4, 0.5) is 0 Å². The van der Waals surface area contributed by atoms with Crippen molar-refractivity contribution in [3.63, 3.8) is 0 Å². The van der Waals surface area contributed by atoms with Crippen molar-refractivity contribution < 1.29 is 4.74 Å². The van der Waals surface area contributed by atoms with Gasteiger partial charge in [0.1, 0.15) is 6.10 Å². The fraction of sp³-hybridized carbons (Fsp3) is 0.263. The Morgan fingerprint density at radius 3 is 2.23 bits per heavy atom. The van der Waals surface area contributed by atoms with Crippen molar-refractivity contribution in [2.75, 3.05) is 0 Å². The number of fused-ring (bicyclic) bond motifs is 1. The Bertz CT molecular complexity index is 771. The van der Waals surface area contributed by atoms with E-state index in [1.165, 1.54) is 24.1 Å². The molecular formula is C19H19IOS. The summed E-state index contributed by atoms with van der Waals surface area (Å²) >= 11 is 4.29. The van der Waals surface area contributed by atoms with E-state index in [4.69, 9.17) is 4.74 Å². The van der Waals surface area contributed by atoms with E-state index in [0.717, 1.165) is 0 Å². The summed E-state index contributed by atoms with van der Waals surface area (Å²) in [6.45, 7) is 6.34. The molecule has 1 heterocycles. The number of rotatable bonds is 3. The number of benzene rings is 2. The zero-order valence-corrected chi connectivity index (χ0v) is 15.9. The molecule has 0 radical (unpaired) electrons. The summed E-state index contributed by atoms with van der Waals surface area (Å²) in [5.74, 6) is 0. The molecule has 0 aliphatic heterocycles. The highest BCUT2D eigenvalue weighted by atomic mass is 127. The van der Waals surface area contributed by atoms with Gasteiger partial charge < -0.3 is 4.74 Å². The molecule has 0 N–H and O–H groups in total. The Kier molecular flexibility index (Phi) is 4.57. The minimum absolute atomic E-state index is 0.0227. The average molecular weight is 422 g/mol. The lowest BCUT2D eigenvalue weighted by Crippen LogP contribution is -2.23. The minimum atomic E-state index is -0.195. The first-order chi connectivity index (χ1) is 10.5. The standard InChI is InChI=1S/C19H19IOS/c1-19(2,3)21-17(13-9-5-4-6-10-13)18-16(20)14-11-7-8-12-15(14)22-18/h4-12,17H,1-3H3. The van der Waals surface area contributed by atoms with Crippen LogP contribution in [0.5, 0.6) is 0 Å². The van der Waals surface area contributed by atoms with Gasteiger partial charge in [-0.25, -0.2) is 0 Å². The zero-order valence-electron chi connectivity index (χ0n) is 13.0. The van der Waals surface area contributed by atoms with Crippen LogP contribution in [0.15, 0.2) is 54.6 Å². The van der Waals surface area contributed by atoms with E-state index in [0.29, 0.717) is 0 Å². The molecule has 3 rings (SSSR count). The molecule has 0 saturated heterocycles. The van der Waals surface area contributed by atoms with Crippen molar-refractivity contribution in [3.05, 3.63) is 68.6 Å². The Morgan fingerprint density at radius 1 is 0.955 bits per heavy atom. The Morgan fingerprint density at radius 2 is 1.59 bits per heavy atom. The van der Waals surface area contributed by atoms with Gasteiger partial charge in [-0.15, -0.1) is 11.3 Å². The third-order valence-electron chi connectivity index (χ3n) is 3.37. The summed E-state index contributed by atoms with van der Waals surface area (Å²) < 4.78 is 9.05. The van der Waals surface area contributed by atoms with Crippen molar-refractivity contribution >= 4 is 44.0 Å². The largest absolute Gasteiger partial charge is 0.362 e. The zero-order chi connectivity index (χ0) is 15.7. The maximum Gasteiger partial charge on any atom is 0.118 e. The summed E-state index contributed by atoms with van der Waals surface area (Å²) in [5, 5.41) is 1.32. The quantitative estimate of drug-likeness (QED) is 0.443. The van der Waals surface area contributed by atoms with Crippen LogP contribution >= 0.6 is 33.9 Å². The van der Waals surface area contributed by atoms with Crippen LogP contribution in [-0.2, 0) is 4.74 Å². The highest BCUT2D eigenvalue weighted by Gasteiger charge is 2.26. The van der Waals surface area contributed by atoms with Gasteiger partial charge in [0.2, 0.25) is 0 Å². The number of thiophene rings is 1. The molecule has 1 aromatic heterocycles. The summed E-state index contributed by atoms with van der Waals surface area (Å²) in [5.41, 5.74) is 1.02. The maximum absolute atomic E-state index is 6.43. The Hall–Kier alpha value is -0.910. The van der Waals surface area contributed by atoms with Crippen LogP contribution in [0.25, 0.3) is 10.1 Å². The van der Waals surface area contributed by atoms with Crippen molar-refractivity contribution in [2.45, 2.75) is 32.5 Å². The lowest BCUT2D eigenvalue weighted by molar-refractivity contribution is -0.0417. The van der Waals surface area contributed by atoms with Gasteiger partial charge in [0.25, 0.3) is 0 Å². The Labute approximate surface area is 149 Å². The summed E-state index contributed by atoms with van der Waals surface area (Å²) in [4.78, 5) is 1.29. The Balaban J connectivity index is 2.13. The first-order valence-corrected chi connectivity index (χ1v) is 9.25. The number of hydrogen-bond acceptors (Lipinski definition) is 2. The van der Waals surface area contributed by atoms with Gasteiger partial charge >= 0.3 is 0 Å². The van der Waals surface area contributed by atoms with Crippen molar-refractivity contribution in [3.8, 4) is 0 Å². The molecule has 3 aromatic rings. The van der Waals surface area contributed by atoms with Gasteiger partial charge in [0.05, 0.1) is 10.5 Å². The van der Waals surface area contributed by atoms with Crippen LogP contribution in [-0.4, -0.2) is 5.60 Å². The number of hydrogen-bond donors (Lipinski definition) is 0. The van der Waals surface area contributed by atoms with Gasteiger partial charge in [0, 0.05) is 13.7 Å². The number of halogens is 1. The second kappa shape index (κ2) is 6.30. The van der Waals surface area contributed by atoms with Crippen molar-refractivity contribution in [1.29, 1.82) is 0 Å². The fourth-order valence-corrected chi connectivity index (χ4v) is 4.88. The summed E-state index contributed by atoms with van der Waals surface area (Å²) in [6.07, 6.45) is -0.0227. The molecule has 0 aliphatic carbocycles. The van der Waals surface area contributed by atoms with Gasteiger partial charge in [-0.1, -0.05) is 48.5 Å². The molecule has 0 fully saturated rings. The SMILES string of the molecule is CC(C)(C)OC(c1ccccc1)c1sc2ccccc2c1I. The molecular weight excluding hydrogens is 403 g/mol. The molecule has 1 nitrogen and oxygen atoms in total. The van der Waals surface area contributed by atoms with E-state index in [-0.39, 0.29) is 11.7 Å². The molecule has 0 spiro atoms. The third-order valence-corrected chi connectivity index (χ3v) is 6.11. The predicted molar refractivity (Wildman–Crippen MR) is 104 cm³/mol. The molecule has 0 saturated carbocycles. The van der Waals surface area contributed by atoms with E-state index in [1.807, 2.05) is 17.4 Å². The molecule has 0 aliphatic rings. The van der Waals surface area contributed by atoms with Gasteiger partial charge in [-0.05, 0) is 55.0 Å². The van der Waals surface area contributed by atoms with Crippen LogP contribution in [0.2, 0.25) is 0 Å². The smallest absolute Gasteiger partial charge is 0.118 e. The highest BCUT2D eigenvalue weighted by molar-refractivity contribution is 14.1. The lowest BCUT2D eigenvalue weighted by atomic mass is 10.1. The molecule has 0 bridgehead atoms.